The summed E-state index contributed by atoms with van der Waals surface area (Å²) in [5, 5.41) is 9.71. The highest BCUT2D eigenvalue weighted by Gasteiger charge is 2.24. The van der Waals surface area contributed by atoms with Crippen molar-refractivity contribution in [2.45, 2.75) is 38.7 Å². The molecule has 1 saturated carbocycles. The van der Waals surface area contributed by atoms with Crippen LogP contribution in [0.2, 0.25) is 0 Å². The van der Waals surface area contributed by atoms with Crippen molar-refractivity contribution in [1.29, 1.82) is 0 Å². The maximum Gasteiger partial charge on any atom is 0.119 e. The summed E-state index contributed by atoms with van der Waals surface area (Å²) in [4.78, 5) is 0. The van der Waals surface area contributed by atoms with Gasteiger partial charge in [-0.1, -0.05) is 25.0 Å². The number of aliphatic hydroxyl groups excluding tert-OH is 1. The maximum absolute atomic E-state index is 9.71. The molecule has 0 amide bonds. The summed E-state index contributed by atoms with van der Waals surface area (Å²) < 4.78 is 5.60. The molecule has 1 aliphatic carbocycles. The van der Waals surface area contributed by atoms with E-state index in [1.165, 1.54) is 18.4 Å². The number of hydrogen-bond acceptors (Lipinski definition) is 2. The van der Waals surface area contributed by atoms with Gasteiger partial charge in [0, 0.05) is 6.42 Å². The SMILES string of the molecule is Cc1cccc(OCCC(O)CC2CC2)c1. The molecule has 1 aromatic carbocycles. The predicted molar refractivity (Wildman–Crippen MR) is 64.6 cm³/mol. The minimum absolute atomic E-state index is 0.183. The Labute approximate surface area is 97.3 Å². The van der Waals surface area contributed by atoms with E-state index >= 15 is 0 Å². The van der Waals surface area contributed by atoms with Gasteiger partial charge in [0.25, 0.3) is 0 Å². The molecule has 0 heterocycles. The minimum Gasteiger partial charge on any atom is -0.493 e. The van der Waals surface area contributed by atoms with Crippen molar-refractivity contribution in [2.24, 2.45) is 5.92 Å². The fraction of sp³-hybridized carbons (Fsp3) is 0.571. The van der Waals surface area contributed by atoms with Gasteiger partial charge in [-0.25, -0.2) is 0 Å². The van der Waals surface area contributed by atoms with Crippen molar-refractivity contribution in [3.63, 3.8) is 0 Å². The van der Waals surface area contributed by atoms with Crippen molar-refractivity contribution < 1.29 is 9.84 Å². The summed E-state index contributed by atoms with van der Waals surface area (Å²) in [7, 11) is 0. The zero-order valence-corrected chi connectivity index (χ0v) is 9.86. The Morgan fingerprint density at radius 3 is 2.94 bits per heavy atom. The van der Waals surface area contributed by atoms with E-state index in [0.29, 0.717) is 6.61 Å². The molecule has 0 aromatic heterocycles. The van der Waals surface area contributed by atoms with E-state index in [4.69, 9.17) is 4.74 Å². The van der Waals surface area contributed by atoms with Crippen LogP contribution in [0.4, 0.5) is 0 Å². The smallest absolute Gasteiger partial charge is 0.119 e. The highest BCUT2D eigenvalue weighted by Crippen LogP contribution is 2.34. The lowest BCUT2D eigenvalue weighted by atomic mass is 10.1. The van der Waals surface area contributed by atoms with Crippen LogP contribution < -0.4 is 4.74 Å². The predicted octanol–water partition coefficient (Wildman–Crippen LogP) is 2.92. The Balaban J connectivity index is 1.66. The lowest BCUT2D eigenvalue weighted by Crippen LogP contribution is -2.12. The first kappa shape index (κ1) is 11.5. The number of benzene rings is 1. The molecule has 1 atom stereocenters. The first-order valence-corrected chi connectivity index (χ1v) is 6.11. The number of aliphatic hydroxyl groups is 1. The lowest BCUT2D eigenvalue weighted by molar-refractivity contribution is 0.125. The third kappa shape index (κ3) is 3.86. The van der Waals surface area contributed by atoms with Gasteiger partial charge in [0.1, 0.15) is 5.75 Å². The summed E-state index contributed by atoms with van der Waals surface area (Å²) in [6, 6.07) is 8.02. The molecule has 1 aromatic rings. The maximum atomic E-state index is 9.71. The molecule has 2 heteroatoms. The highest BCUT2D eigenvalue weighted by atomic mass is 16.5. The average Bonchev–Trinajstić information content (AvgIpc) is 3.02. The topological polar surface area (TPSA) is 29.5 Å². The van der Waals surface area contributed by atoms with E-state index in [9.17, 15) is 5.11 Å². The molecule has 0 radical (unpaired) electrons. The molecule has 88 valence electrons. The Morgan fingerprint density at radius 1 is 1.44 bits per heavy atom. The molecule has 1 fully saturated rings. The zero-order valence-electron chi connectivity index (χ0n) is 9.86. The van der Waals surface area contributed by atoms with Gasteiger partial charge in [-0.2, -0.15) is 0 Å². The standard InChI is InChI=1S/C14H20O2/c1-11-3-2-4-14(9-11)16-8-7-13(15)10-12-5-6-12/h2-4,9,12-13,15H,5-8,10H2,1H3. The van der Waals surface area contributed by atoms with Crippen molar-refractivity contribution in [1.82, 2.24) is 0 Å². The van der Waals surface area contributed by atoms with E-state index in [0.717, 1.165) is 24.5 Å². The molecule has 1 N–H and O–H groups in total. The quantitative estimate of drug-likeness (QED) is 0.798. The Morgan fingerprint density at radius 2 is 2.25 bits per heavy atom. The normalized spacial score (nSPS) is 17.1. The van der Waals surface area contributed by atoms with Crippen LogP contribution in [0.1, 0.15) is 31.2 Å². The van der Waals surface area contributed by atoms with Gasteiger partial charge in [0.05, 0.1) is 12.7 Å². The second-order valence-corrected chi connectivity index (χ2v) is 4.79. The number of rotatable bonds is 6. The van der Waals surface area contributed by atoms with Crippen molar-refractivity contribution >= 4 is 0 Å². The van der Waals surface area contributed by atoms with E-state index < -0.39 is 0 Å². The molecule has 2 rings (SSSR count). The highest BCUT2D eigenvalue weighted by molar-refractivity contribution is 5.27. The van der Waals surface area contributed by atoms with Crippen LogP contribution in [-0.4, -0.2) is 17.8 Å². The minimum atomic E-state index is -0.183. The molecule has 0 aliphatic heterocycles. The molecular weight excluding hydrogens is 200 g/mol. The van der Waals surface area contributed by atoms with Crippen LogP contribution >= 0.6 is 0 Å². The molecular formula is C14H20O2. The van der Waals surface area contributed by atoms with Gasteiger partial charge < -0.3 is 9.84 Å². The van der Waals surface area contributed by atoms with Crippen LogP contribution in [-0.2, 0) is 0 Å². The van der Waals surface area contributed by atoms with Gasteiger partial charge in [0.2, 0.25) is 0 Å². The third-order valence-corrected chi connectivity index (χ3v) is 3.01. The largest absolute Gasteiger partial charge is 0.493 e. The van der Waals surface area contributed by atoms with E-state index in [2.05, 4.69) is 13.0 Å². The van der Waals surface area contributed by atoms with Gasteiger partial charge >= 0.3 is 0 Å². The van der Waals surface area contributed by atoms with Gasteiger partial charge in [-0.15, -0.1) is 0 Å². The second kappa shape index (κ2) is 5.35. The summed E-state index contributed by atoms with van der Waals surface area (Å²) in [6.07, 6.45) is 4.12. The van der Waals surface area contributed by atoms with Crippen molar-refractivity contribution in [3.8, 4) is 5.75 Å². The van der Waals surface area contributed by atoms with E-state index in [1.54, 1.807) is 0 Å². The molecule has 16 heavy (non-hydrogen) atoms. The Bertz CT molecular complexity index is 331. The molecule has 2 nitrogen and oxygen atoms in total. The molecule has 1 unspecified atom stereocenters. The number of ether oxygens (including phenoxy) is 1. The third-order valence-electron chi connectivity index (χ3n) is 3.01. The monoisotopic (exact) mass is 220 g/mol. The first-order chi connectivity index (χ1) is 7.74. The van der Waals surface area contributed by atoms with Crippen LogP contribution in [0.25, 0.3) is 0 Å². The number of aryl methyl sites for hydroxylation is 1. The molecule has 1 aliphatic rings. The fourth-order valence-electron chi connectivity index (χ4n) is 1.87. The van der Waals surface area contributed by atoms with Crippen LogP contribution in [0.3, 0.4) is 0 Å². The molecule has 0 spiro atoms. The summed E-state index contributed by atoms with van der Waals surface area (Å²) in [5.74, 6) is 1.69. The average molecular weight is 220 g/mol. The van der Waals surface area contributed by atoms with Crippen LogP contribution in [0, 0.1) is 12.8 Å². The summed E-state index contributed by atoms with van der Waals surface area (Å²) in [5.41, 5.74) is 1.20. The molecule has 0 bridgehead atoms. The van der Waals surface area contributed by atoms with Crippen molar-refractivity contribution in [2.75, 3.05) is 6.61 Å². The van der Waals surface area contributed by atoms with Gasteiger partial charge in [-0.3, -0.25) is 0 Å². The Hall–Kier alpha value is -1.02. The van der Waals surface area contributed by atoms with E-state index in [1.807, 2.05) is 18.2 Å². The Kier molecular flexibility index (Phi) is 3.83. The van der Waals surface area contributed by atoms with Crippen LogP contribution in [0.5, 0.6) is 5.75 Å². The lowest BCUT2D eigenvalue weighted by Gasteiger charge is -2.11. The van der Waals surface area contributed by atoms with Crippen LogP contribution in [0.15, 0.2) is 24.3 Å². The first-order valence-electron chi connectivity index (χ1n) is 6.11. The second-order valence-electron chi connectivity index (χ2n) is 4.79. The number of hydrogen-bond donors (Lipinski definition) is 1. The van der Waals surface area contributed by atoms with Gasteiger partial charge in [0.15, 0.2) is 0 Å². The molecule has 0 saturated heterocycles. The fourth-order valence-corrected chi connectivity index (χ4v) is 1.87. The zero-order chi connectivity index (χ0) is 11.4. The summed E-state index contributed by atoms with van der Waals surface area (Å²) >= 11 is 0. The van der Waals surface area contributed by atoms with Gasteiger partial charge in [-0.05, 0) is 37.0 Å². The van der Waals surface area contributed by atoms with E-state index in [-0.39, 0.29) is 6.10 Å². The van der Waals surface area contributed by atoms with Crippen molar-refractivity contribution in [3.05, 3.63) is 29.8 Å². The summed E-state index contributed by atoms with van der Waals surface area (Å²) in [6.45, 7) is 2.66.